The molecule has 0 aliphatic heterocycles. The van der Waals surface area contributed by atoms with E-state index in [1.807, 2.05) is 41.8 Å². The smallest absolute Gasteiger partial charge is 0.497 e. The molecule has 1 N–H and O–H groups in total. The van der Waals surface area contributed by atoms with Crippen LogP contribution in [0.2, 0.25) is 0 Å². The summed E-state index contributed by atoms with van der Waals surface area (Å²) < 4.78 is 56.0. The Hall–Kier alpha value is -4.14. The molecule has 0 radical (unpaired) electrons. The molecule has 0 bridgehead atoms. The van der Waals surface area contributed by atoms with Crippen LogP contribution in [0.4, 0.5) is 13.2 Å². The normalized spacial score (nSPS) is 12.5. The number of benzene rings is 3. The molecule has 1 unspecified atom stereocenters. The van der Waals surface area contributed by atoms with Gasteiger partial charge in [-0.15, -0.1) is 13.2 Å². The van der Waals surface area contributed by atoms with E-state index in [1.54, 1.807) is 45.2 Å². The summed E-state index contributed by atoms with van der Waals surface area (Å²) in [6, 6.07) is 18.8. The molecule has 200 valence electrons. The Bertz CT molecular complexity index is 1440. The van der Waals surface area contributed by atoms with Gasteiger partial charge in [-0.1, -0.05) is 38.1 Å². The zero-order valence-corrected chi connectivity index (χ0v) is 21.4. The molecule has 1 aromatic heterocycles. The standard InChI is InChI=1S/C29H28F3NO5/c1-17(2)27(28(34)35)37-22-7-5-6-19(14-22)16-33-18(3)26(20-8-10-21(36-4)11-9-20)24-13-12-23(15-25(24)33)38-29(30,31)32/h5-15,17,27H,16H2,1-4H3,(H,34,35). The lowest BCUT2D eigenvalue weighted by Gasteiger charge is -2.19. The lowest BCUT2D eigenvalue weighted by Crippen LogP contribution is -2.32. The summed E-state index contributed by atoms with van der Waals surface area (Å²) in [5.41, 5.74) is 3.95. The Balaban J connectivity index is 1.79. The number of methoxy groups -OCH3 is 1. The number of carbonyl (C=O) groups is 1. The van der Waals surface area contributed by atoms with Crippen LogP contribution in [0.1, 0.15) is 25.1 Å². The first kappa shape index (κ1) is 26.9. The molecular weight excluding hydrogens is 499 g/mol. The predicted octanol–water partition coefficient (Wildman–Crippen LogP) is 7.06. The molecule has 3 aromatic carbocycles. The van der Waals surface area contributed by atoms with E-state index < -0.39 is 18.4 Å². The highest BCUT2D eigenvalue weighted by atomic mass is 19.4. The quantitative estimate of drug-likeness (QED) is 0.252. The third-order valence-electron chi connectivity index (χ3n) is 6.26. The van der Waals surface area contributed by atoms with Crippen molar-refractivity contribution in [1.82, 2.24) is 4.57 Å². The highest BCUT2D eigenvalue weighted by molar-refractivity contribution is 5.98. The topological polar surface area (TPSA) is 69.9 Å². The van der Waals surface area contributed by atoms with Crippen LogP contribution in [0, 0.1) is 12.8 Å². The number of ether oxygens (including phenoxy) is 3. The molecule has 1 heterocycles. The molecule has 0 amide bonds. The second kappa shape index (κ2) is 10.7. The molecule has 0 aliphatic carbocycles. The SMILES string of the molecule is COc1ccc(-c2c(C)n(Cc3cccc(OC(C(=O)O)C(C)C)c3)c3cc(OC(F)(F)F)ccc23)cc1. The Morgan fingerprint density at radius 1 is 0.974 bits per heavy atom. The zero-order chi connectivity index (χ0) is 27.6. The van der Waals surface area contributed by atoms with Crippen molar-refractivity contribution in [2.75, 3.05) is 7.11 Å². The molecule has 0 saturated carbocycles. The lowest BCUT2D eigenvalue weighted by molar-refractivity contribution is -0.274. The number of aromatic nitrogens is 1. The number of carboxylic acids is 1. The minimum absolute atomic E-state index is 0.245. The van der Waals surface area contributed by atoms with E-state index in [0.29, 0.717) is 23.6 Å². The van der Waals surface area contributed by atoms with E-state index >= 15 is 0 Å². The number of aliphatic carboxylic acids is 1. The predicted molar refractivity (Wildman–Crippen MR) is 138 cm³/mol. The van der Waals surface area contributed by atoms with Crippen LogP contribution in [0.3, 0.4) is 0 Å². The first-order chi connectivity index (χ1) is 18.0. The summed E-state index contributed by atoms with van der Waals surface area (Å²) in [5.74, 6) is -0.531. The number of hydrogen-bond acceptors (Lipinski definition) is 4. The largest absolute Gasteiger partial charge is 0.573 e. The lowest BCUT2D eigenvalue weighted by atomic mass is 10.0. The highest BCUT2D eigenvalue weighted by Crippen LogP contribution is 2.38. The fourth-order valence-electron chi connectivity index (χ4n) is 4.50. The van der Waals surface area contributed by atoms with Gasteiger partial charge in [0.2, 0.25) is 0 Å². The summed E-state index contributed by atoms with van der Waals surface area (Å²) in [5, 5.41) is 10.3. The van der Waals surface area contributed by atoms with Gasteiger partial charge in [0.15, 0.2) is 6.10 Å². The van der Waals surface area contributed by atoms with Crippen molar-refractivity contribution < 1.29 is 37.3 Å². The van der Waals surface area contributed by atoms with Gasteiger partial charge in [0.05, 0.1) is 12.6 Å². The average Bonchev–Trinajstić information content (AvgIpc) is 3.12. The maximum atomic E-state index is 13.0. The molecule has 4 rings (SSSR count). The summed E-state index contributed by atoms with van der Waals surface area (Å²) >= 11 is 0. The van der Waals surface area contributed by atoms with Crippen LogP contribution in [-0.2, 0) is 11.3 Å². The van der Waals surface area contributed by atoms with Crippen molar-refractivity contribution in [2.45, 2.75) is 39.8 Å². The van der Waals surface area contributed by atoms with Crippen LogP contribution >= 0.6 is 0 Å². The number of halogens is 3. The van der Waals surface area contributed by atoms with Gasteiger partial charge in [-0.25, -0.2) is 4.79 Å². The van der Waals surface area contributed by atoms with Gasteiger partial charge in [-0.05, 0) is 54.4 Å². The fourth-order valence-corrected chi connectivity index (χ4v) is 4.50. The molecule has 9 heteroatoms. The molecular formula is C29H28F3NO5. The first-order valence-corrected chi connectivity index (χ1v) is 12.0. The molecule has 0 fully saturated rings. The number of fused-ring (bicyclic) bond motifs is 1. The van der Waals surface area contributed by atoms with E-state index in [4.69, 9.17) is 9.47 Å². The summed E-state index contributed by atoms with van der Waals surface area (Å²) in [4.78, 5) is 11.6. The average molecular weight is 528 g/mol. The third-order valence-corrected chi connectivity index (χ3v) is 6.26. The van der Waals surface area contributed by atoms with E-state index in [0.717, 1.165) is 27.8 Å². The Labute approximate surface area is 218 Å². The van der Waals surface area contributed by atoms with E-state index in [-0.39, 0.29) is 11.7 Å². The van der Waals surface area contributed by atoms with E-state index in [1.165, 1.54) is 12.1 Å². The van der Waals surface area contributed by atoms with Crippen molar-refractivity contribution in [1.29, 1.82) is 0 Å². The Morgan fingerprint density at radius 2 is 1.66 bits per heavy atom. The molecule has 0 spiro atoms. The monoisotopic (exact) mass is 527 g/mol. The van der Waals surface area contributed by atoms with Gasteiger partial charge in [0.1, 0.15) is 17.2 Å². The molecule has 0 aliphatic rings. The number of nitrogens with zero attached hydrogens (tertiary/aromatic N) is 1. The highest BCUT2D eigenvalue weighted by Gasteiger charge is 2.31. The van der Waals surface area contributed by atoms with Crippen LogP contribution < -0.4 is 14.2 Å². The molecule has 6 nitrogen and oxygen atoms in total. The van der Waals surface area contributed by atoms with Gasteiger partial charge in [-0.3, -0.25) is 0 Å². The van der Waals surface area contributed by atoms with Crippen LogP contribution in [0.15, 0.2) is 66.7 Å². The maximum absolute atomic E-state index is 13.0. The summed E-state index contributed by atoms with van der Waals surface area (Å²) in [7, 11) is 1.58. The fraction of sp³-hybridized carbons (Fsp3) is 0.276. The second-order valence-electron chi connectivity index (χ2n) is 9.27. The van der Waals surface area contributed by atoms with E-state index in [9.17, 15) is 23.1 Å². The number of hydrogen-bond donors (Lipinski definition) is 1. The molecule has 4 aromatic rings. The van der Waals surface area contributed by atoms with Crippen molar-refractivity contribution in [3.05, 3.63) is 78.0 Å². The van der Waals surface area contributed by atoms with Crippen LogP contribution in [-0.4, -0.2) is 35.2 Å². The van der Waals surface area contributed by atoms with Gasteiger partial charge < -0.3 is 23.9 Å². The second-order valence-corrected chi connectivity index (χ2v) is 9.27. The van der Waals surface area contributed by atoms with Gasteiger partial charge in [-0.2, -0.15) is 0 Å². The van der Waals surface area contributed by atoms with Crippen LogP contribution in [0.25, 0.3) is 22.0 Å². The van der Waals surface area contributed by atoms with Gasteiger partial charge in [0.25, 0.3) is 0 Å². The Kier molecular flexibility index (Phi) is 7.57. The molecule has 38 heavy (non-hydrogen) atoms. The molecule has 1 atom stereocenters. The molecule has 0 saturated heterocycles. The maximum Gasteiger partial charge on any atom is 0.573 e. The van der Waals surface area contributed by atoms with Crippen molar-refractivity contribution >= 4 is 16.9 Å². The summed E-state index contributed by atoms with van der Waals surface area (Å²) in [6.07, 6.45) is -5.83. The third kappa shape index (κ3) is 5.88. The van der Waals surface area contributed by atoms with Crippen molar-refractivity contribution in [3.63, 3.8) is 0 Å². The van der Waals surface area contributed by atoms with E-state index in [2.05, 4.69) is 4.74 Å². The summed E-state index contributed by atoms with van der Waals surface area (Å²) in [6.45, 7) is 5.74. The Morgan fingerprint density at radius 3 is 2.26 bits per heavy atom. The van der Waals surface area contributed by atoms with Crippen LogP contribution in [0.5, 0.6) is 17.2 Å². The van der Waals surface area contributed by atoms with Crippen molar-refractivity contribution in [2.24, 2.45) is 5.92 Å². The minimum atomic E-state index is -4.82. The number of carboxylic acid groups (broad SMARTS) is 1. The van der Waals surface area contributed by atoms with Gasteiger partial charge in [0, 0.05) is 35.2 Å². The minimum Gasteiger partial charge on any atom is -0.497 e. The van der Waals surface area contributed by atoms with Crippen molar-refractivity contribution in [3.8, 4) is 28.4 Å². The number of rotatable bonds is 9. The zero-order valence-electron chi connectivity index (χ0n) is 21.4. The first-order valence-electron chi connectivity index (χ1n) is 12.0. The number of alkyl halides is 3. The van der Waals surface area contributed by atoms with Gasteiger partial charge >= 0.3 is 12.3 Å².